The summed E-state index contributed by atoms with van der Waals surface area (Å²) in [6.07, 6.45) is 0. The highest BCUT2D eigenvalue weighted by molar-refractivity contribution is 7.90. The maximum Gasteiger partial charge on any atom is 0.256 e. The zero-order valence-corrected chi connectivity index (χ0v) is 19.0. The van der Waals surface area contributed by atoms with Crippen LogP contribution in [0.4, 0.5) is 5.82 Å². The largest absolute Gasteiger partial charge is 0.490 e. The first kappa shape index (κ1) is 21.9. The molecule has 0 unspecified atom stereocenters. The molecule has 2 aromatic carbocycles. The Morgan fingerprint density at radius 1 is 1.03 bits per heavy atom. The lowest BCUT2D eigenvalue weighted by Gasteiger charge is -2.14. The molecule has 2 heterocycles. The summed E-state index contributed by atoms with van der Waals surface area (Å²) in [5.41, 5.74) is 3.17. The number of ether oxygens (including phenoxy) is 2. The number of amides is 1. The van der Waals surface area contributed by atoms with Crippen molar-refractivity contribution in [2.75, 3.05) is 18.5 Å². The van der Waals surface area contributed by atoms with Crippen molar-refractivity contribution in [3.63, 3.8) is 0 Å². The molecule has 0 spiro atoms. The van der Waals surface area contributed by atoms with Gasteiger partial charge in [-0.25, -0.2) is 13.1 Å². The predicted molar refractivity (Wildman–Crippen MR) is 121 cm³/mol. The summed E-state index contributed by atoms with van der Waals surface area (Å²) in [7, 11) is -3.28. The zero-order valence-electron chi connectivity index (χ0n) is 18.2. The van der Waals surface area contributed by atoms with E-state index in [0.29, 0.717) is 47.4 Å². The quantitative estimate of drug-likeness (QED) is 0.584. The molecule has 0 saturated heterocycles. The molecule has 4 rings (SSSR count). The van der Waals surface area contributed by atoms with Gasteiger partial charge in [0.05, 0.1) is 36.1 Å². The number of carbonyl (C=O) groups excluding carboxylic acids is 1. The molecular weight excluding hydrogens is 430 g/mol. The Hall–Kier alpha value is -3.33. The summed E-state index contributed by atoms with van der Waals surface area (Å²) in [6, 6.07) is 12.6. The van der Waals surface area contributed by atoms with E-state index in [-0.39, 0.29) is 11.5 Å². The maximum absolute atomic E-state index is 13.1. The molecule has 1 amide bonds. The summed E-state index contributed by atoms with van der Waals surface area (Å²) in [5.74, 6) is 0.708. The molecule has 1 aliphatic heterocycles. The number of rotatable bonds is 7. The lowest BCUT2D eigenvalue weighted by atomic mass is 10.1. The first-order chi connectivity index (χ1) is 15.3. The van der Waals surface area contributed by atoms with E-state index in [0.717, 1.165) is 11.3 Å². The second-order valence-electron chi connectivity index (χ2n) is 7.54. The van der Waals surface area contributed by atoms with E-state index in [9.17, 15) is 13.2 Å². The van der Waals surface area contributed by atoms with E-state index in [1.807, 2.05) is 45.0 Å². The molecule has 168 valence electrons. The van der Waals surface area contributed by atoms with Crippen LogP contribution in [0, 0.1) is 6.92 Å². The van der Waals surface area contributed by atoms with Crippen molar-refractivity contribution in [1.82, 2.24) is 9.78 Å². The minimum Gasteiger partial charge on any atom is -0.490 e. The number of aryl methyl sites for hydroxylation is 1. The van der Waals surface area contributed by atoms with Crippen molar-refractivity contribution >= 4 is 21.6 Å². The Morgan fingerprint density at radius 2 is 1.72 bits per heavy atom. The van der Waals surface area contributed by atoms with Crippen LogP contribution in [-0.4, -0.2) is 37.3 Å². The van der Waals surface area contributed by atoms with Gasteiger partial charge in [0, 0.05) is 11.1 Å². The van der Waals surface area contributed by atoms with E-state index in [2.05, 4.69) is 10.4 Å². The lowest BCUT2D eigenvalue weighted by molar-refractivity contribution is 0.102. The smallest absolute Gasteiger partial charge is 0.256 e. The molecule has 9 heteroatoms. The van der Waals surface area contributed by atoms with Crippen molar-refractivity contribution in [3.05, 3.63) is 64.8 Å². The number of benzene rings is 2. The van der Waals surface area contributed by atoms with Gasteiger partial charge in [-0.1, -0.05) is 17.7 Å². The molecule has 0 radical (unpaired) electrons. The van der Waals surface area contributed by atoms with E-state index < -0.39 is 15.7 Å². The maximum atomic E-state index is 13.1. The van der Waals surface area contributed by atoms with Crippen LogP contribution in [0.3, 0.4) is 0 Å². The number of hydrogen-bond donors (Lipinski definition) is 1. The standard InChI is InChI=1S/C23H25N3O5S/c1-4-30-20-11-8-16(12-21(20)31-5-2)23(27)24-22-18-13-32(28,29)14-19(18)25-26(22)17-9-6-15(3)7-10-17/h6-12H,4-5,13-14H2,1-3H3,(H,24,27). The van der Waals surface area contributed by atoms with E-state index in [4.69, 9.17) is 9.47 Å². The number of aromatic nitrogens is 2. The highest BCUT2D eigenvalue weighted by Crippen LogP contribution is 2.34. The van der Waals surface area contributed by atoms with Gasteiger partial charge in [-0.15, -0.1) is 0 Å². The van der Waals surface area contributed by atoms with Gasteiger partial charge in [-0.3, -0.25) is 4.79 Å². The van der Waals surface area contributed by atoms with Gasteiger partial charge in [0.1, 0.15) is 5.82 Å². The van der Waals surface area contributed by atoms with Crippen LogP contribution in [0.25, 0.3) is 5.69 Å². The summed E-state index contributed by atoms with van der Waals surface area (Å²) in [4.78, 5) is 13.1. The Balaban J connectivity index is 1.71. The van der Waals surface area contributed by atoms with Gasteiger partial charge in [0.25, 0.3) is 5.91 Å². The van der Waals surface area contributed by atoms with Crippen LogP contribution in [0.5, 0.6) is 11.5 Å². The Kier molecular flexibility index (Phi) is 5.92. The summed E-state index contributed by atoms with van der Waals surface area (Å²) in [5, 5.41) is 7.38. The first-order valence-corrected chi connectivity index (χ1v) is 12.2. The highest BCUT2D eigenvalue weighted by atomic mass is 32.2. The average Bonchev–Trinajstić information content (AvgIpc) is 3.22. The molecule has 0 aliphatic carbocycles. The molecule has 0 fully saturated rings. The van der Waals surface area contributed by atoms with Gasteiger partial charge in [0.15, 0.2) is 21.3 Å². The van der Waals surface area contributed by atoms with Crippen molar-refractivity contribution < 1.29 is 22.7 Å². The van der Waals surface area contributed by atoms with Crippen LogP contribution in [0.15, 0.2) is 42.5 Å². The van der Waals surface area contributed by atoms with Crippen molar-refractivity contribution in [3.8, 4) is 17.2 Å². The van der Waals surface area contributed by atoms with E-state index in [1.54, 1.807) is 22.9 Å². The molecule has 8 nitrogen and oxygen atoms in total. The average molecular weight is 456 g/mol. The summed E-state index contributed by atoms with van der Waals surface area (Å²) >= 11 is 0. The number of anilines is 1. The number of nitrogens with one attached hydrogen (secondary N) is 1. The number of nitrogens with zero attached hydrogens (tertiary/aromatic N) is 2. The fourth-order valence-electron chi connectivity index (χ4n) is 3.62. The normalized spacial score (nSPS) is 14.1. The van der Waals surface area contributed by atoms with Crippen LogP contribution < -0.4 is 14.8 Å². The van der Waals surface area contributed by atoms with Crippen LogP contribution in [0.2, 0.25) is 0 Å². The van der Waals surface area contributed by atoms with Crippen molar-refractivity contribution in [2.24, 2.45) is 0 Å². The Bertz CT molecular complexity index is 1260. The topological polar surface area (TPSA) is 99.5 Å². The highest BCUT2D eigenvalue weighted by Gasteiger charge is 2.33. The van der Waals surface area contributed by atoms with Crippen molar-refractivity contribution in [1.29, 1.82) is 0 Å². The molecule has 3 aromatic rings. The number of hydrogen-bond acceptors (Lipinski definition) is 6. The lowest BCUT2D eigenvalue weighted by Crippen LogP contribution is -2.17. The molecule has 1 aromatic heterocycles. The second-order valence-corrected chi connectivity index (χ2v) is 9.60. The van der Waals surface area contributed by atoms with Gasteiger partial charge in [-0.2, -0.15) is 5.10 Å². The molecule has 0 atom stereocenters. The third-order valence-corrected chi connectivity index (χ3v) is 6.55. The SMILES string of the molecule is CCOc1ccc(C(=O)Nc2c3c(nn2-c2ccc(C)cc2)CS(=O)(=O)C3)cc1OCC. The number of sulfone groups is 1. The van der Waals surface area contributed by atoms with Crippen LogP contribution in [0.1, 0.15) is 41.0 Å². The Labute approximate surface area is 187 Å². The fraction of sp³-hybridized carbons (Fsp3) is 0.304. The number of carbonyl (C=O) groups is 1. The monoisotopic (exact) mass is 455 g/mol. The molecule has 32 heavy (non-hydrogen) atoms. The van der Waals surface area contributed by atoms with E-state index >= 15 is 0 Å². The van der Waals surface area contributed by atoms with Crippen LogP contribution >= 0.6 is 0 Å². The summed E-state index contributed by atoms with van der Waals surface area (Å²) < 4.78 is 37.1. The minimum atomic E-state index is -3.28. The van der Waals surface area contributed by atoms with Crippen LogP contribution in [-0.2, 0) is 21.3 Å². The number of fused-ring (bicyclic) bond motifs is 1. The van der Waals surface area contributed by atoms with Gasteiger partial charge < -0.3 is 14.8 Å². The molecule has 1 aliphatic rings. The Morgan fingerprint density at radius 3 is 2.41 bits per heavy atom. The molecule has 0 saturated carbocycles. The summed E-state index contributed by atoms with van der Waals surface area (Å²) in [6.45, 7) is 6.60. The predicted octanol–water partition coefficient (Wildman–Crippen LogP) is 3.66. The molecule has 1 N–H and O–H groups in total. The third kappa shape index (κ3) is 4.34. The fourth-order valence-corrected chi connectivity index (χ4v) is 5.11. The van der Waals surface area contributed by atoms with Gasteiger partial charge in [0.2, 0.25) is 0 Å². The zero-order chi connectivity index (χ0) is 22.9. The first-order valence-electron chi connectivity index (χ1n) is 10.4. The minimum absolute atomic E-state index is 0.137. The van der Waals surface area contributed by atoms with Crippen molar-refractivity contribution in [2.45, 2.75) is 32.3 Å². The second kappa shape index (κ2) is 8.66. The molecule has 0 bridgehead atoms. The van der Waals surface area contributed by atoms with Gasteiger partial charge >= 0.3 is 0 Å². The van der Waals surface area contributed by atoms with Gasteiger partial charge in [-0.05, 0) is 51.1 Å². The third-order valence-electron chi connectivity index (χ3n) is 5.10. The molecular formula is C23H25N3O5S. The van der Waals surface area contributed by atoms with E-state index in [1.165, 1.54) is 0 Å².